The van der Waals surface area contributed by atoms with E-state index in [1.54, 1.807) is 0 Å². The summed E-state index contributed by atoms with van der Waals surface area (Å²) >= 11 is 0. The molecule has 1 rings (SSSR count). The Morgan fingerprint density at radius 1 is 1.47 bits per heavy atom. The summed E-state index contributed by atoms with van der Waals surface area (Å²) in [5.74, 6) is -1.23. The molecule has 5 nitrogen and oxygen atoms in total. The van der Waals surface area contributed by atoms with Crippen molar-refractivity contribution in [2.75, 3.05) is 0 Å². The van der Waals surface area contributed by atoms with Crippen LogP contribution in [0.5, 0.6) is 0 Å². The van der Waals surface area contributed by atoms with Crippen LogP contribution in [0.15, 0.2) is 17.0 Å². The molecule has 1 aromatic rings. The van der Waals surface area contributed by atoms with Crippen LogP contribution in [-0.4, -0.2) is 13.3 Å². The third-order valence-electron chi connectivity index (χ3n) is 1.61. The van der Waals surface area contributed by atoms with Gasteiger partial charge in [-0.3, -0.25) is 10.1 Å². The van der Waals surface area contributed by atoms with Gasteiger partial charge in [-0.25, -0.2) is 12.8 Å². The third kappa shape index (κ3) is 2.42. The minimum absolute atomic E-state index is 0.239. The number of hydrogen-bond donors (Lipinski definition) is 0. The summed E-state index contributed by atoms with van der Waals surface area (Å²) in [4.78, 5) is 8.40. The lowest BCUT2D eigenvalue weighted by Crippen LogP contribution is -2.02. The summed E-state index contributed by atoms with van der Waals surface area (Å²) in [7, 11) is 0.423. The number of nitro groups is 1. The van der Waals surface area contributed by atoms with Gasteiger partial charge in [0.25, 0.3) is 14.7 Å². The van der Waals surface area contributed by atoms with Gasteiger partial charge in [0, 0.05) is 16.7 Å². The third-order valence-corrected chi connectivity index (χ3v) is 2.96. The standard InChI is InChI=1S/C7H5ClFNO4S/c1-4-2-5(9)7(15(8,13)14)6(3-4)10(11)12/h2-3H,1H3. The Morgan fingerprint density at radius 2 is 2.00 bits per heavy atom. The van der Waals surface area contributed by atoms with Gasteiger partial charge in [-0.15, -0.1) is 0 Å². The highest BCUT2D eigenvalue weighted by molar-refractivity contribution is 8.13. The highest BCUT2D eigenvalue weighted by Gasteiger charge is 2.28. The molecule has 0 bridgehead atoms. The number of benzene rings is 1. The molecule has 0 atom stereocenters. The summed E-state index contributed by atoms with van der Waals surface area (Å²) in [6.07, 6.45) is 0. The first-order valence-electron chi connectivity index (χ1n) is 3.62. The Hall–Kier alpha value is -1.21. The van der Waals surface area contributed by atoms with Gasteiger partial charge >= 0.3 is 0 Å². The summed E-state index contributed by atoms with van der Waals surface area (Å²) in [5.41, 5.74) is -0.620. The molecular formula is C7H5ClFNO4S. The zero-order valence-corrected chi connectivity index (χ0v) is 8.97. The Kier molecular flexibility index (Phi) is 2.96. The van der Waals surface area contributed by atoms with E-state index in [-0.39, 0.29) is 5.56 Å². The van der Waals surface area contributed by atoms with Gasteiger partial charge in [-0.2, -0.15) is 0 Å². The minimum atomic E-state index is -4.47. The van der Waals surface area contributed by atoms with Gasteiger partial charge in [-0.1, -0.05) is 0 Å². The molecule has 0 radical (unpaired) electrons. The van der Waals surface area contributed by atoms with E-state index in [1.165, 1.54) is 6.92 Å². The van der Waals surface area contributed by atoms with Crippen LogP contribution in [0.2, 0.25) is 0 Å². The average Bonchev–Trinajstić information content (AvgIpc) is 1.99. The van der Waals surface area contributed by atoms with Crippen LogP contribution in [0.3, 0.4) is 0 Å². The maximum Gasteiger partial charge on any atom is 0.292 e. The average molecular weight is 254 g/mol. The largest absolute Gasteiger partial charge is 0.292 e. The van der Waals surface area contributed by atoms with Crippen LogP contribution in [0, 0.1) is 22.9 Å². The van der Waals surface area contributed by atoms with E-state index in [4.69, 9.17) is 10.7 Å². The van der Waals surface area contributed by atoms with Gasteiger partial charge in [0.2, 0.25) is 0 Å². The van der Waals surface area contributed by atoms with Crippen LogP contribution in [-0.2, 0) is 9.05 Å². The molecule has 8 heteroatoms. The van der Waals surface area contributed by atoms with Crippen LogP contribution in [0.4, 0.5) is 10.1 Å². The highest BCUT2D eigenvalue weighted by atomic mass is 35.7. The SMILES string of the molecule is Cc1cc(F)c(S(=O)(=O)Cl)c([N+](=O)[O-])c1. The van der Waals surface area contributed by atoms with Gasteiger partial charge in [0.1, 0.15) is 5.82 Å². The number of halogens is 2. The zero-order valence-electron chi connectivity index (χ0n) is 7.40. The van der Waals surface area contributed by atoms with E-state index < -0.39 is 30.4 Å². The van der Waals surface area contributed by atoms with E-state index in [0.29, 0.717) is 0 Å². The van der Waals surface area contributed by atoms with Gasteiger partial charge < -0.3 is 0 Å². The van der Waals surface area contributed by atoms with Crippen molar-refractivity contribution in [3.05, 3.63) is 33.6 Å². The Balaban J connectivity index is 3.70. The fourth-order valence-corrected chi connectivity index (χ4v) is 2.22. The van der Waals surface area contributed by atoms with Crippen LogP contribution in [0.25, 0.3) is 0 Å². The predicted octanol–water partition coefficient (Wildman–Crippen LogP) is 1.97. The van der Waals surface area contributed by atoms with E-state index in [9.17, 15) is 22.9 Å². The molecule has 0 aliphatic carbocycles. The van der Waals surface area contributed by atoms with Gasteiger partial charge in [-0.05, 0) is 18.6 Å². The van der Waals surface area contributed by atoms with Crippen molar-refractivity contribution in [3.63, 3.8) is 0 Å². The Morgan fingerprint density at radius 3 is 2.40 bits per heavy atom. The molecule has 0 fully saturated rings. The van der Waals surface area contributed by atoms with Crippen LogP contribution < -0.4 is 0 Å². The smallest absolute Gasteiger partial charge is 0.258 e. The number of hydrogen-bond acceptors (Lipinski definition) is 4. The molecule has 0 unspecified atom stereocenters. The normalized spacial score (nSPS) is 11.4. The molecule has 0 aromatic heterocycles. The summed E-state index contributed by atoms with van der Waals surface area (Å²) in [5, 5.41) is 10.5. The number of aryl methyl sites for hydroxylation is 1. The summed E-state index contributed by atoms with van der Waals surface area (Å²) in [6.45, 7) is 1.40. The van der Waals surface area contributed by atoms with Gasteiger partial charge in [0.05, 0.1) is 4.92 Å². The van der Waals surface area contributed by atoms with Crippen molar-refractivity contribution in [2.24, 2.45) is 0 Å². The summed E-state index contributed by atoms with van der Waals surface area (Å²) in [6, 6.07) is 1.81. The first kappa shape index (κ1) is 11.9. The molecule has 0 saturated carbocycles. The molecule has 0 N–H and O–H groups in total. The second-order valence-electron chi connectivity index (χ2n) is 2.79. The second kappa shape index (κ2) is 3.74. The molecular weight excluding hydrogens is 249 g/mol. The minimum Gasteiger partial charge on any atom is -0.258 e. The monoisotopic (exact) mass is 253 g/mol. The topological polar surface area (TPSA) is 77.3 Å². The first-order valence-corrected chi connectivity index (χ1v) is 5.93. The van der Waals surface area contributed by atoms with Crippen molar-refractivity contribution in [3.8, 4) is 0 Å². The van der Waals surface area contributed by atoms with Crippen molar-refractivity contribution in [1.29, 1.82) is 0 Å². The summed E-state index contributed by atoms with van der Waals surface area (Å²) < 4.78 is 35.0. The molecule has 0 aliphatic rings. The maximum atomic E-state index is 13.2. The molecule has 0 spiro atoms. The number of nitrogens with zero attached hydrogens (tertiary/aromatic N) is 1. The molecule has 82 valence electrons. The van der Waals surface area contributed by atoms with Crippen LogP contribution >= 0.6 is 10.7 Å². The second-order valence-corrected chi connectivity index (χ2v) is 5.29. The Labute approximate surface area is 89.0 Å². The fraction of sp³-hybridized carbons (Fsp3) is 0.143. The number of nitro benzene ring substituents is 1. The molecule has 0 saturated heterocycles. The lowest BCUT2D eigenvalue weighted by Gasteiger charge is -2.01. The van der Waals surface area contributed by atoms with E-state index in [2.05, 4.69) is 0 Å². The van der Waals surface area contributed by atoms with E-state index in [1.807, 2.05) is 0 Å². The first-order chi connectivity index (χ1) is 6.73. The quantitative estimate of drug-likeness (QED) is 0.459. The lowest BCUT2D eigenvalue weighted by atomic mass is 10.2. The zero-order chi connectivity index (χ0) is 11.8. The highest BCUT2D eigenvalue weighted by Crippen LogP contribution is 2.30. The predicted molar refractivity (Wildman–Crippen MR) is 50.8 cm³/mol. The maximum absolute atomic E-state index is 13.2. The van der Waals surface area contributed by atoms with E-state index in [0.717, 1.165) is 12.1 Å². The van der Waals surface area contributed by atoms with Crippen molar-refractivity contribution in [2.45, 2.75) is 11.8 Å². The van der Waals surface area contributed by atoms with Crippen molar-refractivity contribution < 1.29 is 17.7 Å². The molecule has 15 heavy (non-hydrogen) atoms. The van der Waals surface area contributed by atoms with Crippen molar-refractivity contribution >= 4 is 25.4 Å². The number of rotatable bonds is 2. The Bertz CT molecular complexity index is 528. The van der Waals surface area contributed by atoms with Crippen LogP contribution in [0.1, 0.15) is 5.56 Å². The molecule has 0 heterocycles. The van der Waals surface area contributed by atoms with Crippen molar-refractivity contribution in [1.82, 2.24) is 0 Å². The molecule has 1 aromatic carbocycles. The fourth-order valence-electron chi connectivity index (χ4n) is 1.09. The van der Waals surface area contributed by atoms with Gasteiger partial charge in [0.15, 0.2) is 4.90 Å². The lowest BCUT2D eigenvalue weighted by molar-refractivity contribution is -0.388. The van der Waals surface area contributed by atoms with E-state index >= 15 is 0 Å². The molecule has 0 aliphatic heterocycles. The molecule has 0 amide bonds.